The van der Waals surface area contributed by atoms with E-state index in [1.807, 2.05) is 0 Å². The van der Waals surface area contributed by atoms with E-state index in [2.05, 4.69) is 44.8 Å². The van der Waals surface area contributed by atoms with Crippen LogP contribution in [0.3, 0.4) is 0 Å². The number of benzene rings is 1. The van der Waals surface area contributed by atoms with Crippen molar-refractivity contribution in [1.29, 1.82) is 0 Å². The highest BCUT2D eigenvalue weighted by atomic mass is 79.9. The monoisotopic (exact) mass is 388 g/mol. The third kappa shape index (κ3) is 2.66. The summed E-state index contributed by atoms with van der Waals surface area (Å²) in [6, 6.07) is 2.08. The van der Waals surface area contributed by atoms with Gasteiger partial charge in [0.2, 0.25) is 0 Å². The minimum atomic E-state index is 0.355. The molecule has 0 fully saturated rings. The van der Waals surface area contributed by atoms with Crippen LogP contribution in [-0.4, -0.2) is 13.2 Å². The van der Waals surface area contributed by atoms with Gasteiger partial charge in [0.05, 0.1) is 13.2 Å². The Bertz CT molecular complexity index is 488. The summed E-state index contributed by atoms with van der Waals surface area (Å²) in [4.78, 5) is 0.355. The molecule has 0 N–H and O–H groups in total. The summed E-state index contributed by atoms with van der Waals surface area (Å²) in [5, 5.41) is 0. The number of rotatable bonds is 0. The Morgan fingerprint density at radius 3 is 2.89 bits per heavy atom. The summed E-state index contributed by atoms with van der Waals surface area (Å²) < 4.78 is 13.0. The minimum absolute atomic E-state index is 0.355. The Morgan fingerprint density at radius 1 is 1.26 bits per heavy atom. The van der Waals surface area contributed by atoms with Gasteiger partial charge in [-0.25, -0.2) is 0 Å². The molecule has 1 aromatic rings. The zero-order valence-electron chi connectivity index (χ0n) is 11.0. The molecule has 104 valence electrons. The van der Waals surface area contributed by atoms with E-state index in [9.17, 15) is 0 Å². The Hall–Kier alpha value is -0.220. The number of alkyl halides is 1. The lowest BCUT2D eigenvalue weighted by atomic mass is 10.0. The number of hydrogen-bond donors (Lipinski definition) is 0. The van der Waals surface area contributed by atoms with Crippen LogP contribution in [0.4, 0.5) is 0 Å². The molecular formula is C15H18Br2O2. The Morgan fingerprint density at radius 2 is 2.05 bits per heavy atom. The van der Waals surface area contributed by atoms with E-state index in [0.717, 1.165) is 54.4 Å². The molecule has 2 atom stereocenters. The fourth-order valence-corrected chi connectivity index (χ4v) is 4.64. The summed E-state index contributed by atoms with van der Waals surface area (Å²) >= 11 is 7.57. The van der Waals surface area contributed by atoms with Gasteiger partial charge in [0.1, 0.15) is 0 Å². The first kappa shape index (κ1) is 13.7. The third-order valence-electron chi connectivity index (χ3n) is 3.94. The molecule has 0 amide bonds. The van der Waals surface area contributed by atoms with Crippen molar-refractivity contribution in [2.75, 3.05) is 13.2 Å². The van der Waals surface area contributed by atoms with Gasteiger partial charge in [-0.2, -0.15) is 0 Å². The molecule has 0 aromatic heterocycles. The molecule has 0 radical (unpaired) electrons. The van der Waals surface area contributed by atoms with Crippen molar-refractivity contribution in [2.24, 2.45) is 5.92 Å². The maximum atomic E-state index is 5.99. The Kier molecular flexibility index (Phi) is 4.08. The van der Waals surface area contributed by atoms with Crippen LogP contribution in [0.15, 0.2) is 10.5 Å². The predicted molar refractivity (Wildman–Crippen MR) is 83.5 cm³/mol. The van der Waals surface area contributed by atoms with Crippen LogP contribution >= 0.6 is 31.9 Å². The van der Waals surface area contributed by atoms with Crippen LogP contribution in [-0.2, 0) is 6.42 Å². The van der Waals surface area contributed by atoms with Crippen LogP contribution in [0, 0.1) is 5.92 Å². The number of ether oxygens (including phenoxy) is 2. The molecule has 2 aliphatic rings. The van der Waals surface area contributed by atoms with E-state index in [-0.39, 0.29) is 0 Å². The average molecular weight is 390 g/mol. The van der Waals surface area contributed by atoms with Crippen molar-refractivity contribution in [2.45, 2.75) is 37.4 Å². The van der Waals surface area contributed by atoms with E-state index in [4.69, 9.17) is 9.47 Å². The molecule has 3 rings (SSSR count). The SMILES string of the molecule is CC1CCc2c(Br)cc3c(c2C(Br)C1)OCCCO3. The van der Waals surface area contributed by atoms with Crippen LogP contribution in [0.1, 0.15) is 42.1 Å². The standard InChI is InChI=1S/C15H18Br2O2/c1-9-3-4-10-11(16)8-13-15(14(10)12(17)7-9)19-6-2-5-18-13/h8-9,12H,2-7H2,1H3. The normalized spacial score (nSPS) is 26.3. The molecule has 2 unspecified atom stereocenters. The van der Waals surface area contributed by atoms with E-state index < -0.39 is 0 Å². The topological polar surface area (TPSA) is 18.5 Å². The summed E-state index contributed by atoms with van der Waals surface area (Å²) in [7, 11) is 0. The molecule has 0 saturated heterocycles. The number of fused-ring (bicyclic) bond motifs is 3. The maximum Gasteiger partial charge on any atom is 0.165 e. The van der Waals surface area contributed by atoms with Crippen molar-refractivity contribution in [3.8, 4) is 11.5 Å². The van der Waals surface area contributed by atoms with Crippen LogP contribution in [0.5, 0.6) is 11.5 Å². The van der Waals surface area contributed by atoms with Crippen molar-refractivity contribution in [1.82, 2.24) is 0 Å². The molecule has 1 aromatic carbocycles. The van der Waals surface area contributed by atoms with Gasteiger partial charge >= 0.3 is 0 Å². The van der Waals surface area contributed by atoms with E-state index in [1.54, 1.807) is 0 Å². The van der Waals surface area contributed by atoms with Gasteiger partial charge in [0, 0.05) is 21.3 Å². The van der Waals surface area contributed by atoms with Crippen LogP contribution < -0.4 is 9.47 Å². The summed E-state index contributed by atoms with van der Waals surface area (Å²) in [6.07, 6.45) is 4.44. The highest BCUT2D eigenvalue weighted by molar-refractivity contribution is 9.10. The predicted octanol–water partition coefficient (Wildman–Crippen LogP) is 5.02. The van der Waals surface area contributed by atoms with Crippen molar-refractivity contribution in [3.05, 3.63) is 21.7 Å². The number of hydrogen-bond acceptors (Lipinski definition) is 2. The first-order chi connectivity index (χ1) is 9.16. The molecule has 0 bridgehead atoms. The van der Waals surface area contributed by atoms with Gasteiger partial charge in [-0.05, 0) is 36.8 Å². The van der Waals surface area contributed by atoms with Crippen molar-refractivity contribution >= 4 is 31.9 Å². The van der Waals surface area contributed by atoms with E-state index >= 15 is 0 Å². The van der Waals surface area contributed by atoms with Crippen LogP contribution in [0.25, 0.3) is 0 Å². The highest BCUT2D eigenvalue weighted by Crippen LogP contribution is 2.49. The molecule has 4 heteroatoms. The second kappa shape index (κ2) is 5.65. The van der Waals surface area contributed by atoms with E-state index in [1.165, 1.54) is 17.5 Å². The van der Waals surface area contributed by atoms with Gasteiger partial charge in [0.25, 0.3) is 0 Å². The summed E-state index contributed by atoms with van der Waals surface area (Å²) in [6.45, 7) is 3.81. The lowest BCUT2D eigenvalue weighted by Crippen LogP contribution is -2.03. The fraction of sp³-hybridized carbons (Fsp3) is 0.600. The fourth-order valence-electron chi connectivity index (χ4n) is 2.90. The molecule has 1 aliphatic heterocycles. The van der Waals surface area contributed by atoms with Gasteiger partial charge in [-0.1, -0.05) is 38.8 Å². The first-order valence-corrected chi connectivity index (χ1v) is 8.62. The second-order valence-corrected chi connectivity index (χ2v) is 7.44. The molecule has 2 nitrogen and oxygen atoms in total. The summed E-state index contributed by atoms with van der Waals surface area (Å²) in [5.41, 5.74) is 2.69. The number of halogens is 2. The Balaban J connectivity index is 2.14. The van der Waals surface area contributed by atoms with Gasteiger partial charge in [-0.15, -0.1) is 0 Å². The molecule has 1 aliphatic carbocycles. The second-order valence-electron chi connectivity index (χ2n) is 5.48. The lowest BCUT2D eigenvalue weighted by molar-refractivity contribution is 0.296. The van der Waals surface area contributed by atoms with Gasteiger partial charge in [-0.3, -0.25) is 0 Å². The zero-order chi connectivity index (χ0) is 13.4. The lowest BCUT2D eigenvalue weighted by Gasteiger charge is -2.20. The average Bonchev–Trinajstić information content (AvgIpc) is 2.67. The first-order valence-electron chi connectivity index (χ1n) is 6.91. The molecule has 0 spiro atoms. The van der Waals surface area contributed by atoms with Crippen LogP contribution in [0.2, 0.25) is 0 Å². The minimum Gasteiger partial charge on any atom is -0.490 e. The smallest absolute Gasteiger partial charge is 0.165 e. The molecule has 0 saturated carbocycles. The van der Waals surface area contributed by atoms with Gasteiger partial charge in [0.15, 0.2) is 11.5 Å². The van der Waals surface area contributed by atoms with Gasteiger partial charge < -0.3 is 9.47 Å². The third-order valence-corrected chi connectivity index (χ3v) is 5.48. The quantitative estimate of drug-likeness (QED) is 0.458. The summed E-state index contributed by atoms with van der Waals surface area (Å²) in [5.74, 6) is 2.58. The largest absolute Gasteiger partial charge is 0.490 e. The maximum absolute atomic E-state index is 5.99. The molecule has 1 heterocycles. The molecular weight excluding hydrogens is 372 g/mol. The molecule has 19 heavy (non-hydrogen) atoms. The Labute approximate surface area is 131 Å². The van der Waals surface area contributed by atoms with Crippen molar-refractivity contribution in [3.63, 3.8) is 0 Å². The van der Waals surface area contributed by atoms with E-state index in [0.29, 0.717) is 4.83 Å². The highest BCUT2D eigenvalue weighted by Gasteiger charge is 2.29. The zero-order valence-corrected chi connectivity index (χ0v) is 14.2. The van der Waals surface area contributed by atoms with Crippen molar-refractivity contribution < 1.29 is 9.47 Å².